The Morgan fingerprint density at radius 1 is 1.09 bits per heavy atom. The Labute approximate surface area is 194 Å². The molecule has 4 heteroatoms. The van der Waals surface area contributed by atoms with Gasteiger partial charge in [-0.15, -0.1) is 0 Å². The highest BCUT2D eigenvalue weighted by Gasteiger charge is 2.61. The number of rotatable bonds is 7. The van der Waals surface area contributed by atoms with Gasteiger partial charge < -0.3 is 14.3 Å². The highest BCUT2D eigenvalue weighted by molar-refractivity contribution is 5.79. The molecule has 2 saturated carbocycles. The van der Waals surface area contributed by atoms with E-state index in [1.807, 2.05) is 0 Å². The zero-order valence-electron chi connectivity index (χ0n) is 21.2. The van der Waals surface area contributed by atoms with Crippen molar-refractivity contribution in [2.24, 2.45) is 40.4 Å². The molecule has 0 radical (unpaired) electrons. The normalized spacial score (nSPS) is 42.2. The van der Waals surface area contributed by atoms with Crippen molar-refractivity contribution in [1.29, 1.82) is 0 Å². The summed E-state index contributed by atoms with van der Waals surface area (Å²) in [6.07, 6.45) is 11.4. The van der Waals surface area contributed by atoms with Crippen LogP contribution < -0.4 is 0 Å². The Kier molecular flexibility index (Phi) is 6.42. The summed E-state index contributed by atoms with van der Waals surface area (Å²) in [4.78, 5) is 25.1. The summed E-state index contributed by atoms with van der Waals surface area (Å²) in [5.41, 5.74) is 0.577. The molecule has 0 saturated heterocycles. The number of carbonyl (C=O) groups excluding carboxylic acids is 2. The van der Waals surface area contributed by atoms with Gasteiger partial charge in [0, 0.05) is 18.4 Å². The summed E-state index contributed by atoms with van der Waals surface area (Å²) in [6.45, 7) is 11.8. The highest BCUT2D eigenvalue weighted by atomic mass is 16.5. The molecular formula is C28H44O4. The van der Waals surface area contributed by atoms with Crippen molar-refractivity contribution < 1.29 is 19.1 Å². The minimum Gasteiger partial charge on any atom is -0.431 e. The van der Waals surface area contributed by atoms with E-state index in [2.05, 4.69) is 34.6 Å². The van der Waals surface area contributed by atoms with E-state index in [9.17, 15) is 9.59 Å². The minimum absolute atomic E-state index is 0.132. The topological polar surface area (TPSA) is 52.6 Å². The molecule has 4 rings (SSSR count). The second-order valence-electron chi connectivity index (χ2n) is 12.4. The van der Waals surface area contributed by atoms with Gasteiger partial charge in [0.05, 0.1) is 5.92 Å². The van der Waals surface area contributed by atoms with Gasteiger partial charge in [-0.3, -0.25) is 4.79 Å². The second kappa shape index (κ2) is 8.56. The molecule has 1 heterocycles. The molecule has 1 aliphatic heterocycles. The molecule has 0 spiro atoms. The van der Waals surface area contributed by atoms with Crippen LogP contribution in [0.4, 0.5) is 0 Å². The van der Waals surface area contributed by atoms with Crippen LogP contribution in [-0.2, 0) is 19.1 Å². The Morgan fingerprint density at radius 2 is 1.84 bits per heavy atom. The molecule has 180 valence electrons. The van der Waals surface area contributed by atoms with E-state index >= 15 is 0 Å². The summed E-state index contributed by atoms with van der Waals surface area (Å²) < 4.78 is 11.8. The molecule has 0 bridgehead atoms. The molecule has 0 aromatic rings. The van der Waals surface area contributed by atoms with Crippen LogP contribution in [-0.4, -0.2) is 25.0 Å². The Balaban J connectivity index is 1.58. The third kappa shape index (κ3) is 3.69. The number of esters is 1. The number of methoxy groups -OCH3 is 1. The Bertz CT molecular complexity index is 784. The first-order chi connectivity index (χ1) is 15.1. The average Bonchev–Trinajstić information content (AvgIpc) is 3.11. The first-order valence-corrected chi connectivity index (χ1v) is 13.1. The summed E-state index contributed by atoms with van der Waals surface area (Å²) in [6, 6.07) is 0. The van der Waals surface area contributed by atoms with Gasteiger partial charge in [-0.25, -0.2) is 0 Å². The summed E-state index contributed by atoms with van der Waals surface area (Å²) in [7, 11) is 1.59. The molecule has 2 fully saturated rings. The first kappa shape index (κ1) is 24.0. The van der Waals surface area contributed by atoms with Crippen LogP contribution in [0.2, 0.25) is 0 Å². The van der Waals surface area contributed by atoms with E-state index in [0.717, 1.165) is 43.1 Å². The molecule has 0 aromatic heterocycles. The van der Waals surface area contributed by atoms with Crippen LogP contribution in [0.1, 0.15) is 98.8 Å². The summed E-state index contributed by atoms with van der Waals surface area (Å²) >= 11 is 0. The van der Waals surface area contributed by atoms with Gasteiger partial charge in [0.1, 0.15) is 11.4 Å². The largest absolute Gasteiger partial charge is 0.431 e. The monoisotopic (exact) mass is 444 g/mol. The molecule has 4 aliphatic rings. The molecule has 0 amide bonds. The van der Waals surface area contributed by atoms with E-state index in [1.54, 1.807) is 7.11 Å². The number of fused-ring (bicyclic) bond motifs is 4. The van der Waals surface area contributed by atoms with Crippen molar-refractivity contribution in [3.05, 3.63) is 11.3 Å². The fraction of sp³-hybridized carbons (Fsp3) is 0.857. The van der Waals surface area contributed by atoms with Gasteiger partial charge in [-0.1, -0.05) is 53.9 Å². The molecule has 32 heavy (non-hydrogen) atoms. The lowest BCUT2D eigenvalue weighted by Crippen LogP contribution is -2.54. The van der Waals surface area contributed by atoms with Gasteiger partial charge in [0.15, 0.2) is 6.29 Å². The zero-order chi connectivity index (χ0) is 23.3. The van der Waals surface area contributed by atoms with Crippen molar-refractivity contribution in [3.63, 3.8) is 0 Å². The van der Waals surface area contributed by atoms with Crippen molar-refractivity contribution in [1.82, 2.24) is 0 Å². The number of hydrogen-bond donors (Lipinski definition) is 0. The van der Waals surface area contributed by atoms with Crippen molar-refractivity contribution in [2.75, 3.05) is 7.11 Å². The maximum atomic E-state index is 13.3. The van der Waals surface area contributed by atoms with E-state index in [-0.39, 0.29) is 22.7 Å². The van der Waals surface area contributed by atoms with Crippen LogP contribution in [0.25, 0.3) is 0 Å². The van der Waals surface area contributed by atoms with E-state index < -0.39 is 5.60 Å². The van der Waals surface area contributed by atoms with Gasteiger partial charge in [-0.2, -0.15) is 0 Å². The van der Waals surface area contributed by atoms with E-state index in [1.165, 1.54) is 37.7 Å². The fourth-order valence-corrected chi connectivity index (χ4v) is 8.01. The molecular weight excluding hydrogens is 400 g/mol. The predicted octanol–water partition coefficient (Wildman–Crippen LogP) is 6.48. The molecule has 0 aromatic carbocycles. The third-order valence-corrected chi connectivity index (χ3v) is 10.3. The van der Waals surface area contributed by atoms with E-state index in [0.29, 0.717) is 24.7 Å². The van der Waals surface area contributed by atoms with Crippen LogP contribution in [0, 0.1) is 40.4 Å². The van der Waals surface area contributed by atoms with E-state index in [4.69, 9.17) is 9.47 Å². The smallest absolute Gasteiger partial charge is 0.315 e. The van der Waals surface area contributed by atoms with Crippen molar-refractivity contribution in [3.8, 4) is 0 Å². The number of ether oxygens (including phenoxy) is 2. The van der Waals surface area contributed by atoms with Gasteiger partial charge in [0.2, 0.25) is 0 Å². The lowest BCUT2D eigenvalue weighted by atomic mass is 9.53. The molecule has 3 aliphatic carbocycles. The zero-order valence-corrected chi connectivity index (χ0v) is 21.2. The lowest BCUT2D eigenvalue weighted by molar-refractivity contribution is -0.167. The van der Waals surface area contributed by atoms with Crippen LogP contribution in [0.15, 0.2) is 11.3 Å². The third-order valence-electron chi connectivity index (χ3n) is 10.3. The van der Waals surface area contributed by atoms with Crippen molar-refractivity contribution >= 4 is 12.3 Å². The Morgan fingerprint density at radius 3 is 2.50 bits per heavy atom. The maximum absolute atomic E-state index is 13.3. The maximum Gasteiger partial charge on any atom is 0.315 e. The number of allylic oxidation sites excluding steroid dienone is 2. The predicted molar refractivity (Wildman–Crippen MR) is 126 cm³/mol. The first-order valence-electron chi connectivity index (χ1n) is 13.1. The van der Waals surface area contributed by atoms with Crippen molar-refractivity contribution in [2.45, 2.75) is 104 Å². The molecule has 0 N–H and O–H groups in total. The highest BCUT2D eigenvalue weighted by Crippen LogP contribution is 2.65. The summed E-state index contributed by atoms with van der Waals surface area (Å²) in [5.74, 6) is 3.18. The van der Waals surface area contributed by atoms with Crippen LogP contribution in [0.3, 0.4) is 0 Å². The molecule has 7 atom stereocenters. The lowest BCUT2D eigenvalue weighted by Gasteiger charge is -2.54. The van der Waals surface area contributed by atoms with Gasteiger partial charge in [0.25, 0.3) is 0 Å². The number of carbonyl (C=O) groups is 2. The van der Waals surface area contributed by atoms with Gasteiger partial charge >= 0.3 is 5.97 Å². The van der Waals surface area contributed by atoms with Crippen LogP contribution in [0.5, 0.6) is 0 Å². The standard InChI is InChI=1S/C28H44O4/c1-18(2)8-7-9-19(3)20-10-11-21-24-22(12-13-26(20,21)4)27(5)14-15-28(17-29,31-6)16-23(27)25(30)32-24/h17-21,23H,7-16H2,1-6H3/t19-,20-,21+,23-,26-,27-,28+/m1/s1. The number of hydrogen-bond acceptors (Lipinski definition) is 4. The number of aldehydes is 1. The SMILES string of the molecule is CO[C@@]1(C=O)CC[C@]2(C)C3=C(OC(=O)[C@H]2C1)[C@@H]1CC[C@H]([C@H](C)CCCC(C)C)[C@@]1(C)CC3. The second-order valence-corrected chi connectivity index (χ2v) is 12.4. The molecule has 0 unspecified atom stereocenters. The minimum atomic E-state index is -0.839. The molecule has 4 nitrogen and oxygen atoms in total. The fourth-order valence-electron chi connectivity index (χ4n) is 8.01. The quantitative estimate of drug-likeness (QED) is 0.333. The summed E-state index contributed by atoms with van der Waals surface area (Å²) in [5, 5.41) is 0. The van der Waals surface area contributed by atoms with Gasteiger partial charge in [-0.05, 0) is 73.7 Å². The Hall–Kier alpha value is -1.16. The van der Waals surface area contributed by atoms with Crippen LogP contribution >= 0.6 is 0 Å². The average molecular weight is 445 g/mol.